The SMILES string of the molecule is O=C(CCNS(=O)(=O)c1ccccc1)N1CCc2[nH]c3c(Br)cccc3c2C1. The average Bonchev–Trinajstić information content (AvgIpc) is 3.08. The zero-order valence-electron chi connectivity index (χ0n) is 15.1. The molecule has 2 aromatic carbocycles. The number of para-hydroxylation sites is 1. The van der Waals surface area contributed by atoms with Crippen molar-refractivity contribution in [2.24, 2.45) is 0 Å². The van der Waals surface area contributed by atoms with Gasteiger partial charge in [0.05, 0.1) is 10.4 Å². The predicted octanol–water partition coefficient (Wildman–Crippen LogP) is 3.18. The molecule has 28 heavy (non-hydrogen) atoms. The molecule has 2 N–H and O–H groups in total. The Labute approximate surface area is 172 Å². The molecule has 0 radical (unpaired) electrons. The molecule has 6 nitrogen and oxygen atoms in total. The minimum atomic E-state index is -3.59. The molecule has 8 heteroatoms. The van der Waals surface area contributed by atoms with E-state index in [0.717, 1.165) is 33.1 Å². The Kier molecular flexibility index (Phi) is 5.27. The largest absolute Gasteiger partial charge is 0.357 e. The van der Waals surface area contributed by atoms with E-state index in [1.54, 1.807) is 23.1 Å². The van der Waals surface area contributed by atoms with Crippen molar-refractivity contribution >= 4 is 42.8 Å². The summed E-state index contributed by atoms with van der Waals surface area (Å²) in [5.41, 5.74) is 3.36. The van der Waals surface area contributed by atoms with Crippen LogP contribution in [0.1, 0.15) is 17.7 Å². The Bertz CT molecular complexity index is 1130. The summed E-state index contributed by atoms with van der Waals surface area (Å²) >= 11 is 3.56. The van der Waals surface area contributed by atoms with E-state index in [-0.39, 0.29) is 23.8 Å². The van der Waals surface area contributed by atoms with Crippen LogP contribution in [0.25, 0.3) is 10.9 Å². The maximum absolute atomic E-state index is 12.6. The van der Waals surface area contributed by atoms with Gasteiger partial charge in [-0.25, -0.2) is 13.1 Å². The Hall–Kier alpha value is -2.16. The van der Waals surface area contributed by atoms with Crippen molar-refractivity contribution in [3.8, 4) is 0 Å². The number of rotatable bonds is 5. The minimum absolute atomic E-state index is 0.0502. The van der Waals surface area contributed by atoms with Crippen molar-refractivity contribution in [1.82, 2.24) is 14.6 Å². The lowest BCUT2D eigenvalue weighted by molar-refractivity contribution is -0.131. The van der Waals surface area contributed by atoms with Crippen LogP contribution in [0.3, 0.4) is 0 Å². The lowest BCUT2D eigenvalue weighted by Gasteiger charge is -2.27. The number of nitrogens with one attached hydrogen (secondary N) is 2. The summed E-state index contributed by atoms with van der Waals surface area (Å²) in [5, 5.41) is 1.12. The minimum Gasteiger partial charge on any atom is -0.357 e. The van der Waals surface area contributed by atoms with Gasteiger partial charge >= 0.3 is 0 Å². The van der Waals surface area contributed by atoms with Crippen LogP contribution in [0.2, 0.25) is 0 Å². The smallest absolute Gasteiger partial charge is 0.240 e. The topological polar surface area (TPSA) is 82.3 Å². The van der Waals surface area contributed by atoms with Gasteiger partial charge < -0.3 is 9.88 Å². The number of amides is 1. The number of nitrogens with zero attached hydrogens (tertiary/aromatic N) is 1. The van der Waals surface area contributed by atoms with E-state index >= 15 is 0 Å². The molecule has 1 aliphatic heterocycles. The molecule has 0 spiro atoms. The van der Waals surface area contributed by atoms with E-state index in [1.807, 2.05) is 12.1 Å². The van der Waals surface area contributed by atoms with E-state index < -0.39 is 10.0 Å². The molecule has 1 amide bonds. The normalized spacial score (nSPS) is 14.2. The number of aromatic amines is 1. The molecule has 0 fully saturated rings. The molecule has 146 valence electrons. The second-order valence-corrected chi connectivity index (χ2v) is 9.39. The third kappa shape index (κ3) is 3.72. The lowest BCUT2D eigenvalue weighted by atomic mass is 10.0. The molecule has 1 aliphatic rings. The molecular formula is C20H20BrN3O3S. The Morgan fingerprint density at radius 1 is 1.14 bits per heavy atom. The van der Waals surface area contributed by atoms with E-state index in [1.165, 1.54) is 12.1 Å². The summed E-state index contributed by atoms with van der Waals surface area (Å²) < 4.78 is 28.0. The number of benzene rings is 2. The second kappa shape index (κ2) is 7.69. The van der Waals surface area contributed by atoms with Crippen molar-refractivity contribution < 1.29 is 13.2 Å². The predicted molar refractivity (Wildman–Crippen MR) is 111 cm³/mol. The standard InChI is InChI=1S/C20H20BrN3O3S/c21-17-8-4-7-15-16-13-24(12-10-18(16)23-20(15)17)19(25)9-11-22-28(26,27)14-5-2-1-3-6-14/h1-8,22-23H,9-13H2. The lowest BCUT2D eigenvalue weighted by Crippen LogP contribution is -2.37. The van der Waals surface area contributed by atoms with Gasteiger partial charge in [-0.15, -0.1) is 0 Å². The van der Waals surface area contributed by atoms with E-state index in [0.29, 0.717) is 13.1 Å². The van der Waals surface area contributed by atoms with Gasteiger partial charge in [0, 0.05) is 53.6 Å². The quantitative estimate of drug-likeness (QED) is 0.611. The van der Waals surface area contributed by atoms with Crippen LogP contribution in [0.5, 0.6) is 0 Å². The summed E-state index contributed by atoms with van der Waals surface area (Å²) in [7, 11) is -3.59. The van der Waals surface area contributed by atoms with Crippen molar-refractivity contribution in [1.29, 1.82) is 0 Å². The zero-order chi connectivity index (χ0) is 19.7. The van der Waals surface area contributed by atoms with E-state index in [4.69, 9.17) is 0 Å². The van der Waals surface area contributed by atoms with Gasteiger partial charge in [0.1, 0.15) is 0 Å². The van der Waals surface area contributed by atoms with Crippen LogP contribution >= 0.6 is 15.9 Å². The first-order valence-corrected chi connectivity index (χ1v) is 11.3. The summed E-state index contributed by atoms with van der Waals surface area (Å²) in [6.07, 6.45) is 0.894. The monoisotopic (exact) mass is 461 g/mol. The van der Waals surface area contributed by atoms with Gasteiger partial charge in [0.15, 0.2) is 0 Å². The average molecular weight is 462 g/mol. The first-order chi connectivity index (χ1) is 13.5. The van der Waals surface area contributed by atoms with E-state index in [2.05, 4.69) is 31.7 Å². The Morgan fingerprint density at radius 2 is 1.93 bits per heavy atom. The van der Waals surface area contributed by atoms with Gasteiger partial charge in [-0.05, 0) is 34.1 Å². The third-order valence-electron chi connectivity index (χ3n) is 5.00. The van der Waals surface area contributed by atoms with Crippen molar-refractivity contribution in [3.05, 3.63) is 64.3 Å². The first kappa shape index (κ1) is 19.2. The van der Waals surface area contributed by atoms with Crippen molar-refractivity contribution in [2.75, 3.05) is 13.1 Å². The van der Waals surface area contributed by atoms with Crippen LogP contribution in [-0.4, -0.2) is 37.3 Å². The molecular weight excluding hydrogens is 442 g/mol. The molecule has 0 aliphatic carbocycles. The molecule has 4 rings (SSSR count). The third-order valence-corrected chi connectivity index (χ3v) is 7.13. The molecule has 0 saturated heterocycles. The number of carbonyl (C=O) groups is 1. The van der Waals surface area contributed by atoms with Crippen LogP contribution in [0, 0.1) is 0 Å². The number of hydrogen-bond acceptors (Lipinski definition) is 3. The molecule has 3 aromatic rings. The fourth-order valence-electron chi connectivity index (χ4n) is 3.55. The molecule has 0 saturated carbocycles. The van der Waals surface area contributed by atoms with Crippen LogP contribution in [0.4, 0.5) is 0 Å². The number of sulfonamides is 1. The van der Waals surface area contributed by atoms with Gasteiger partial charge in [0.25, 0.3) is 0 Å². The summed E-state index contributed by atoms with van der Waals surface area (Å²) in [5.74, 6) is -0.0502. The van der Waals surface area contributed by atoms with Gasteiger partial charge in [-0.3, -0.25) is 4.79 Å². The highest BCUT2D eigenvalue weighted by Crippen LogP contribution is 2.31. The summed E-state index contributed by atoms with van der Waals surface area (Å²) in [6, 6.07) is 14.2. The van der Waals surface area contributed by atoms with Gasteiger partial charge in [-0.1, -0.05) is 30.3 Å². The van der Waals surface area contributed by atoms with E-state index in [9.17, 15) is 13.2 Å². The zero-order valence-corrected chi connectivity index (χ0v) is 17.5. The highest BCUT2D eigenvalue weighted by atomic mass is 79.9. The fraction of sp³-hybridized carbons (Fsp3) is 0.250. The van der Waals surface area contributed by atoms with Gasteiger partial charge in [0.2, 0.25) is 15.9 Å². The maximum atomic E-state index is 12.6. The second-order valence-electron chi connectivity index (χ2n) is 6.77. The highest BCUT2D eigenvalue weighted by Gasteiger charge is 2.24. The van der Waals surface area contributed by atoms with Crippen LogP contribution in [0.15, 0.2) is 57.9 Å². The molecule has 1 aromatic heterocycles. The molecule has 0 bridgehead atoms. The Balaban J connectivity index is 1.40. The first-order valence-electron chi connectivity index (χ1n) is 9.06. The maximum Gasteiger partial charge on any atom is 0.240 e. The van der Waals surface area contributed by atoms with Gasteiger partial charge in [-0.2, -0.15) is 0 Å². The summed E-state index contributed by atoms with van der Waals surface area (Å²) in [4.78, 5) is 18.1. The fourth-order valence-corrected chi connectivity index (χ4v) is 5.07. The molecule has 2 heterocycles. The number of halogens is 1. The number of hydrogen-bond donors (Lipinski definition) is 2. The Morgan fingerprint density at radius 3 is 2.71 bits per heavy atom. The summed E-state index contributed by atoms with van der Waals surface area (Å²) in [6.45, 7) is 1.25. The molecule has 0 atom stereocenters. The number of aromatic nitrogens is 1. The number of fused-ring (bicyclic) bond motifs is 3. The molecule has 0 unspecified atom stereocenters. The number of H-pyrrole nitrogens is 1. The van der Waals surface area contributed by atoms with Crippen molar-refractivity contribution in [3.63, 3.8) is 0 Å². The number of carbonyl (C=O) groups excluding carboxylic acids is 1. The van der Waals surface area contributed by atoms with Crippen LogP contribution < -0.4 is 4.72 Å². The highest BCUT2D eigenvalue weighted by molar-refractivity contribution is 9.10. The van der Waals surface area contributed by atoms with Crippen molar-refractivity contribution in [2.45, 2.75) is 24.3 Å². The van der Waals surface area contributed by atoms with Crippen LogP contribution in [-0.2, 0) is 27.8 Å².